The molecule has 1 amide bonds. The van der Waals surface area contributed by atoms with Gasteiger partial charge in [0.2, 0.25) is 5.91 Å². The molecule has 0 heterocycles. The Morgan fingerprint density at radius 2 is 2.06 bits per heavy atom. The minimum Gasteiger partial charge on any atom is -0.358 e. The van der Waals surface area contributed by atoms with Crippen molar-refractivity contribution in [2.24, 2.45) is 11.3 Å². The van der Waals surface area contributed by atoms with Crippen molar-refractivity contribution in [2.75, 3.05) is 7.05 Å². The fraction of sp³-hybridized carbons (Fsp3) is 0.923. The van der Waals surface area contributed by atoms with Gasteiger partial charge in [0.05, 0.1) is 6.04 Å². The summed E-state index contributed by atoms with van der Waals surface area (Å²) in [7, 11) is 1.69. The number of amides is 1. The molecule has 0 aromatic carbocycles. The molecule has 0 aromatic heterocycles. The van der Waals surface area contributed by atoms with Crippen LogP contribution in [0.15, 0.2) is 0 Å². The van der Waals surface area contributed by atoms with E-state index >= 15 is 0 Å². The summed E-state index contributed by atoms with van der Waals surface area (Å²) in [5.41, 5.74) is 0.466. The Balaban J connectivity index is 2.47. The van der Waals surface area contributed by atoms with E-state index in [1.165, 1.54) is 19.3 Å². The van der Waals surface area contributed by atoms with E-state index in [1.807, 2.05) is 6.92 Å². The van der Waals surface area contributed by atoms with Gasteiger partial charge in [0.15, 0.2) is 0 Å². The Morgan fingerprint density at radius 1 is 1.44 bits per heavy atom. The van der Waals surface area contributed by atoms with Crippen LogP contribution in [0.3, 0.4) is 0 Å². The van der Waals surface area contributed by atoms with Crippen molar-refractivity contribution < 1.29 is 4.79 Å². The summed E-state index contributed by atoms with van der Waals surface area (Å²) in [5, 5.41) is 6.13. The zero-order valence-corrected chi connectivity index (χ0v) is 11.3. The van der Waals surface area contributed by atoms with Gasteiger partial charge >= 0.3 is 0 Å². The summed E-state index contributed by atoms with van der Waals surface area (Å²) in [4.78, 5) is 11.4. The number of hydrogen-bond donors (Lipinski definition) is 2. The third-order valence-electron chi connectivity index (χ3n) is 3.80. The predicted octanol–water partition coefficient (Wildman–Crippen LogP) is 1.93. The fourth-order valence-electron chi connectivity index (χ4n) is 2.81. The second-order valence-corrected chi connectivity index (χ2v) is 5.99. The van der Waals surface area contributed by atoms with Crippen LogP contribution < -0.4 is 10.6 Å². The molecule has 3 nitrogen and oxygen atoms in total. The maximum atomic E-state index is 11.4. The summed E-state index contributed by atoms with van der Waals surface area (Å²) in [6.45, 7) is 8.89. The maximum Gasteiger partial charge on any atom is 0.236 e. The van der Waals surface area contributed by atoms with Crippen LogP contribution in [0, 0.1) is 11.3 Å². The molecule has 0 aromatic rings. The molecule has 3 atom stereocenters. The molecule has 0 saturated heterocycles. The molecule has 1 fully saturated rings. The summed E-state index contributed by atoms with van der Waals surface area (Å²) >= 11 is 0. The van der Waals surface area contributed by atoms with E-state index in [0.717, 1.165) is 0 Å². The van der Waals surface area contributed by atoms with Crippen LogP contribution in [0.2, 0.25) is 0 Å². The summed E-state index contributed by atoms with van der Waals surface area (Å²) in [6, 6.07) is 0.402. The van der Waals surface area contributed by atoms with Crippen molar-refractivity contribution in [3.8, 4) is 0 Å². The van der Waals surface area contributed by atoms with E-state index in [-0.39, 0.29) is 11.9 Å². The first kappa shape index (κ1) is 13.5. The van der Waals surface area contributed by atoms with Crippen LogP contribution >= 0.6 is 0 Å². The number of rotatable bonds is 3. The van der Waals surface area contributed by atoms with Crippen LogP contribution in [0.5, 0.6) is 0 Å². The molecule has 0 radical (unpaired) electrons. The first-order valence-electron chi connectivity index (χ1n) is 6.33. The average molecular weight is 226 g/mol. The summed E-state index contributed by atoms with van der Waals surface area (Å²) in [5.74, 6) is 0.730. The van der Waals surface area contributed by atoms with Gasteiger partial charge in [0.1, 0.15) is 0 Å². The van der Waals surface area contributed by atoms with E-state index in [9.17, 15) is 4.79 Å². The lowest BCUT2D eigenvalue weighted by atomic mass is 9.70. The van der Waals surface area contributed by atoms with Crippen molar-refractivity contribution in [3.63, 3.8) is 0 Å². The van der Waals surface area contributed by atoms with Crippen molar-refractivity contribution in [3.05, 3.63) is 0 Å². The Morgan fingerprint density at radius 3 is 2.56 bits per heavy atom. The molecule has 1 rings (SSSR count). The van der Waals surface area contributed by atoms with Crippen LogP contribution in [0.4, 0.5) is 0 Å². The van der Waals surface area contributed by atoms with Gasteiger partial charge in [0, 0.05) is 13.1 Å². The molecule has 0 spiro atoms. The zero-order chi connectivity index (χ0) is 12.3. The molecule has 2 N–H and O–H groups in total. The van der Waals surface area contributed by atoms with Gasteiger partial charge in [-0.05, 0) is 37.5 Å². The smallest absolute Gasteiger partial charge is 0.236 e. The van der Waals surface area contributed by atoms with Gasteiger partial charge in [-0.15, -0.1) is 0 Å². The summed E-state index contributed by atoms with van der Waals surface area (Å²) < 4.78 is 0. The second kappa shape index (κ2) is 5.17. The Hall–Kier alpha value is -0.570. The standard InChI is InChI=1S/C13H26N2O/c1-9-8-13(3,4)7-6-11(9)15-10(2)12(16)14-5/h9-11,15H,6-8H2,1-5H3,(H,14,16). The Bertz CT molecular complexity index is 250. The highest BCUT2D eigenvalue weighted by Gasteiger charge is 2.33. The maximum absolute atomic E-state index is 11.4. The topological polar surface area (TPSA) is 41.1 Å². The molecule has 94 valence electrons. The second-order valence-electron chi connectivity index (χ2n) is 5.99. The summed E-state index contributed by atoms with van der Waals surface area (Å²) in [6.07, 6.45) is 3.66. The largest absolute Gasteiger partial charge is 0.358 e. The van der Waals surface area contributed by atoms with E-state index in [0.29, 0.717) is 17.4 Å². The molecule has 3 unspecified atom stereocenters. The van der Waals surface area contributed by atoms with Gasteiger partial charge in [-0.3, -0.25) is 4.79 Å². The highest BCUT2D eigenvalue weighted by atomic mass is 16.2. The van der Waals surface area contributed by atoms with Crippen LogP contribution in [-0.4, -0.2) is 25.0 Å². The zero-order valence-electron chi connectivity index (χ0n) is 11.3. The Labute approximate surface area is 99.4 Å². The lowest BCUT2D eigenvalue weighted by molar-refractivity contribution is -0.122. The first-order valence-corrected chi connectivity index (χ1v) is 6.33. The number of hydrogen-bond acceptors (Lipinski definition) is 2. The molecule has 1 aliphatic rings. The highest BCUT2D eigenvalue weighted by Crippen LogP contribution is 2.38. The van der Waals surface area contributed by atoms with Gasteiger partial charge in [-0.2, -0.15) is 0 Å². The third-order valence-corrected chi connectivity index (χ3v) is 3.80. The van der Waals surface area contributed by atoms with E-state index in [4.69, 9.17) is 0 Å². The van der Waals surface area contributed by atoms with E-state index < -0.39 is 0 Å². The molecular weight excluding hydrogens is 200 g/mol. The average Bonchev–Trinajstić information content (AvgIpc) is 2.20. The normalized spacial score (nSPS) is 30.8. The molecular formula is C13H26N2O. The van der Waals surface area contributed by atoms with Gasteiger partial charge in [-0.1, -0.05) is 20.8 Å². The van der Waals surface area contributed by atoms with Gasteiger partial charge in [-0.25, -0.2) is 0 Å². The van der Waals surface area contributed by atoms with Crippen molar-refractivity contribution >= 4 is 5.91 Å². The van der Waals surface area contributed by atoms with Gasteiger partial charge in [0.25, 0.3) is 0 Å². The Kier molecular flexibility index (Phi) is 4.36. The quantitative estimate of drug-likeness (QED) is 0.772. The number of carbonyl (C=O) groups excluding carboxylic acids is 1. The molecule has 1 aliphatic carbocycles. The predicted molar refractivity (Wildman–Crippen MR) is 67.2 cm³/mol. The third kappa shape index (κ3) is 3.48. The fourth-order valence-corrected chi connectivity index (χ4v) is 2.81. The SMILES string of the molecule is CNC(=O)C(C)NC1CCC(C)(C)CC1C. The highest BCUT2D eigenvalue weighted by molar-refractivity contribution is 5.80. The number of carbonyl (C=O) groups is 1. The van der Waals surface area contributed by atoms with Crippen molar-refractivity contribution in [1.29, 1.82) is 0 Å². The molecule has 3 heteroatoms. The number of nitrogens with one attached hydrogen (secondary N) is 2. The van der Waals surface area contributed by atoms with Crippen molar-refractivity contribution in [2.45, 2.75) is 59.0 Å². The monoisotopic (exact) mass is 226 g/mol. The lowest BCUT2D eigenvalue weighted by Gasteiger charge is -2.40. The first-order chi connectivity index (χ1) is 7.35. The van der Waals surface area contributed by atoms with E-state index in [1.54, 1.807) is 7.05 Å². The minimum atomic E-state index is -0.0846. The minimum absolute atomic E-state index is 0.0806. The molecule has 0 bridgehead atoms. The van der Waals surface area contributed by atoms with Gasteiger partial charge < -0.3 is 10.6 Å². The number of likely N-dealkylation sites (N-methyl/N-ethyl adjacent to an activating group) is 1. The van der Waals surface area contributed by atoms with Crippen LogP contribution in [0.25, 0.3) is 0 Å². The molecule has 0 aliphatic heterocycles. The molecule has 16 heavy (non-hydrogen) atoms. The van der Waals surface area contributed by atoms with Crippen molar-refractivity contribution in [1.82, 2.24) is 10.6 Å². The van der Waals surface area contributed by atoms with E-state index in [2.05, 4.69) is 31.4 Å². The van der Waals surface area contributed by atoms with Crippen LogP contribution in [-0.2, 0) is 4.79 Å². The van der Waals surface area contributed by atoms with Crippen LogP contribution in [0.1, 0.15) is 47.0 Å². The lowest BCUT2D eigenvalue weighted by Crippen LogP contribution is -2.50. The molecule has 1 saturated carbocycles.